The molecule has 19 heavy (non-hydrogen) atoms. The number of ether oxygens (including phenoxy) is 1. The molecule has 1 aromatic carbocycles. The van der Waals surface area contributed by atoms with E-state index in [-0.39, 0.29) is 11.7 Å². The van der Waals surface area contributed by atoms with Gasteiger partial charge < -0.3 is 15.8 Å². The van der Waals surface area contributed by atoms with E-state index in [1.165, 1.54) is 7.11 Å². The average Bonchev–Trinajstić information content (AvgIpc) is 2.30. The van der Waals surface area contributed by atoms with Gasteiger partial charge in [0.25, 0.3) is 0 Å². The highest BCUT2D eigenvalue weighted by molar-refractivity contribution is 7.87. The van der Waals surface area contributed by atoms with Crippen LogP contribution in [0.4, 0.5) is 11.4 Å². The number of nitrogen functional groups attached to an aromatic ring is 1. The van der Waals surface area contributed by atoms with Gasteiger partial charge in [-0.3, -0.25) is 9.00 Å². The number of rotatable bonds is 4. The van der Waals surface area contributed by atoms with E-state index in [1.54, 1.807) is 18.2 Å². The number of anilines is 2. The smallest absolute Gasteiger partial charge is 0.237 e. The first kappa shape index (κ1) is 15.5. The molecule has 0 heterocycles. The van der Waals surface area contributed by atoms with Crippen LogP contribution in [0.25, 0.3) is 0 Å². The summed E-state index contributed by atoms with van der Waals surface area (Å²) in [6.45, 7) is 5.50. The first-order valence-electron chi connectivity index (χ1n) is 5.86. The topological polar surface area (TPSA) is 81.4 Å². The Balaban J connectivity index is 2.75. The average molecular weight is 284 g/mol. The fourth-order valence-electron chi connectivity index (χ4n) is 1.33. The van der Waals surface area contributed by atoms with Crippen molar-refractivity contribution >= 4 is 28.1 Å². The molecule has 1 aromatic rings. The minimum absolute atomic E-state index is 0.0446. The van der Waals surface area contributed by atoms with Gasteiger partial charge in [-0.2, -0.15) is 0 Å². The van der Waals surface area contributed by atoms with Gasteiger partial charge in [0, 0.05) is 27.3 Å². The fraction of sp³-hybridized carbons (Fsp3) is 0.462. The Bertz CT molecular complexity index is 495. The Hall–Kier alpha value is -1.56. The highest BCUT2D eigenvalue weighted by Gasteiger charge is 2.22. The van der Waals surface area contributed by atoms with Crippen molar-refractivity contribution in [1.82, 2.24) is 0 Å². The summed E-state index contributed by atoms with van der Waals surface area (Å²) in [6, 6.07) is 4.95. The van der Waals surface area contributed by atoms with Crippen LogP contribution in [0.1, 0.15) is 20.8 Å². The predicted molar refractivity (Wildman–Crippen MR) is 78.8 cm³/mol. The second-order valence-electron chi connectivity index (χ2n) is 5.11. The maximum absolute atomic E-state index is 11.9. The van der Waals surface area contributed by atoms with Crippen molar-refractivity contribution in [2.75, 3.05) is 23.9 Å². The van der Waals surface area contributed by atoms with Crippen LogP contribution < -0.4 is 15.8 Å². The van der Waals surface area contributed by atoms with Crippen LogP contribution >= 0.6 is 0 Å². The summed E-state index contributed by atoms with van der Waals surface area (Å²) in [6.07, 6.45) is 0. The Labute approximate surface area is 116 Å². The molecule has 5 nitrogen and oxygen atoms in total. The van der Waals surface area contributed by atoms with Gasteiger partial charge in [0.1, 0.15) is 11.5 Å². The molecule has 1 amide bonds. The van der Waals surface area contributed by atoms with Crippen LogP contribution in [0.2, 0.25) is 0 Å². The lowest BCUT2D eigenvalue weighted by molar-refractivity contribution is -0.113. The molecule has 0 aromatic heterocycles. The zero-order valence-electron chi connectivity index (χ0n) is 11.6. The summed E-state index contributed by atoms with van der Waals surface area (Å²) >= 11 is 0. The molecule has 1 unspecified atom stereocenters. The Morgan fingerprint density at radius 2 is 2.05 bits per heavy atom. The van der Waals surface area contributed by atoms with Crippen molar-refractivity contribution in [3.8, 4) is 5.75 Å². The number of nitrogens with one attached hydrogen (secondary N) is 1. The molecule has 1 atom stereocenters. The molecule has 0 saturated carbocycles. The molecule has 0 aliphatic rings. The Morgan fingerprint density at radius 1 is 1.42 bits per heavy atom. The molecule has 0 saturated heterocycles. The molecule has 6 heteroatoms. The summed E-state index contributed by atoms with van der Waals surface area (Å²) in [7, 11) is 0.266. The van der Waals surface area contributed by atoms with Crippen LogP contribution in [0.5, 0.6) is 5.75 Å². The number of amides is 1. The number of hydrogen-bond acceptors (Lipinski definition) is 4. The molecule has 0 bridgehead atoms. The van der Waals surface area contributed by atoms with E-state index in [1.807, 2.05) is 20.8 Å². The van der Waals surface area contributed by atoms with E-state index in [0.29, 0.717) is 17.1 Å². The summed E-state index contributed by atoms with van der Waals surface area (Å²) in [5.41, 5.74) is 6.70. The molecule has 0 aliphatic heterocycles. The summed E-state index contributed by atoms with van der Waals surface area (Å²) in [5, 5.41) is 2.68. The van der Waals surface area contributed by atoms with Crippen molar-refractivity contribution < 1.29 is 13.7 Å². The highest BCUT2D eigenvalue weighted by atomic mass is 32.2. The summed E-state index contributed by atoms with van der Waals surface area (Å²) < 4.78 is 16.6. The molecular formula is C13H20N2O3S. The molecule has 0 radical (unpaired) electrons. The highest BCUT2D eigenvalue weighted by Crippen LogP contribution is 2.26. The lowest BCUT2D eigenvalue weighted by Crippen LogP contribution is -2.30. The van der Waals surface area contributed by atoms with Crippen LogP contribution in [0.3, 0.4) is 0 Å². The molecular weight excluding hydrogens is 264 g/mol. The fourth-order valence-corrected chi connectivity index (χ4v) is 2.08. The molecule has 0 spiro atoms. The first-order chi connectivity index (χ1) is 8.74. The number of methoxy groups -OCH3 is 1. The van der Waals surface area contributed by atoms with Crippen molar-refractivity contribution in [3.63, 3.8) is 0 Å². The minimum Gasteiger partial charge on any atom is -0.494 e. The molecule has 0 fully saturated rings. The van der Waals surface area contributed by atoms with Crippen LogP contribution in [-0.2, 0) is 15.6 Å². The normalized spacial score (nSPS) is 12.8. The lowest BCUT2D eigenvalue weighted by Gasteiger charge is -2.17. The molecule has 0 aliphatic carbocycles. The second-order valence-corrected chi connectivity index (χ2v) is 7.31. The Kier molecular flexibility index (Phi) is 4.94. The van der Waals surface area contributed by atoms with Gasteiger partial charge in [-0.15, -0.1) is 0 Å². The number of nitrogens with two attached hydrogens (primary N) is 1. The van der Waals surface area contributed by atoms with Gasteiger partial charge in [-0.05, 0) is 32.9 Å². The van der Waals surface area contributed by atoms with Crippen LogP contribution in [-0.4, -0.2) is 27.7 Å². The van der Waals surface area contributed by atoms with Crippen molar-refractivity contribution in [2.45, 2.75) is 25.5 Å². The van der Waals surface area contributed by atoms with E-state index in [2.05, 4.69) is 5.32 Å². The quantitative estimate of drug-likeness (QED) is 0.826. The first-order valence-corrected chi connectivity index (χ1v) is 7.18. The lowest BCUT2D eigenvalue weighted by atomic mass is 10.2. The maximum atomic E-state index is 11.9. The standard InChI is InChI=1S/C13H20N2O3S/c1-13(2,3)19(17)8-12(16)15-10-6-5-9(14)7-11(10)18-4/h5-7H,8,14H2,1-4H3,(H,15,16). The number of benzene rings is 1. The van der Waals surface area contributed by atoms with E-state index in [9.17, 15) is 9.00 Å². The van der Waals surface area contributed by atoms with E-state index in [0.717, 1.165) is 0 Å². The van der Waals surface area contributed by atoms with Gasteiger partial charge in [-0.25, -0.2) is 0 Å². The van der Waals surface area contributed by atoms with Crippen molar-refractivity contribution in [1.29, 1.82) is 0 Å². The Morgan fingerprint density at radius 3 is 2.58 bits per heavy atom. The third-order valence-corrected chi connectivity index (χ3v) is 4.34. The SMILES string of the molecule is COc1cc(N)ccc1NC(=O)CS(=O)C(C)(C)C. The van der Waals surface area contributed by atoms with Gasteiger partial charge in [0.15, 0.2) is 0 Å². The van der Waals surface area contributed by atoms with Crippen molar-refractivity contribution in [3.05, 3.63) is 18.2 Å². The van der Waals surface area contributed by atoms with Gasteiger partial charge in [0.05, 0.1) is 12.8 Å². The van der Waals surface area contributed by atoms with Gasteiger partial charge in [-0.1, -0.05) is 0 Å². The predicted octanol–water partition coefficient (Wildman–Crippen LogP) is 1.76. The second kappa shape index (κ2) is 6.06. The third-order valence-electron chi connectivity index (χ3n) is 2.44. The van der Waals surface area contributed by atoms with Crippen LogP contribution in [0, 0.1) is 0 Å². The third kappa shape index (κ3) is 4.55. The van der Waals surface area contributed by atoms with E-state index >= 15 is 0 Å². The van der Waals surface area contributed by atoms with Gasteiger partial charge in [0.2, 0.25) is 5.91 Å². The minimum atomic E-state index is -1.23. The monoisotopic (exact) mass is 284 g/mol. The largest absolute Gasteiger partial charge is 0.494 e. The van der Waals surface area contributed by atoms with E-state index < -0.39 is 15.5 Å². The zero-order valence-corrected chi connectivity index (χ0v) is 12.5. The maximum Gasteiger partial charge on any atom is 0.237 e. The molecule has 3 N–H and O–H groups in total. The number of hydrogen-bond donors (Lipinski definition) is 2. The molecule has 106 valence electrons. The van der Waals surface area contributed by atoms with Crippen molar-refractivity contribution in [2.24, 2.45) is 0 Å². The number of carbonyl (C=O) groups excluding carboxylic acids is 1. The van der Waals surface area contributed by atoms with E-state index in [4.69, 9.17) is 10.5 Å². The number of carbonyl (C=O) groups is 1. The zero-order chi connectivity index (χ0) is 14.6. The van der Waals surface area contributed by atoms with Crippen LogP contribution in [0.15, 0.2) is 18.2 Å². The summed E-state index contributed by atoms with van der Waals surface area (Å²) in [4.78, 5) is 11.8. The summed E-state index contributed by atoms with van der Waals surface area (Å²) in [5.74, 6) is 0.128. The molecule has 1 rings (SSSR count). The van der Waals surface area contributed by atoms with Gasteiger partial charge >= 0.3 is 0 Å².